The van der Waals surface area contributed by atoms with E-state index in [1.807, 2.05) is 40.6 Å². The molecule has 6 rings (SSSR count). The van der Waals surface area contributed by atoms with Crippen LogP contribution in [-0.2, 0) is 12.3 Å². The van der Waals surface area contributed by atoms with Crippen molar-refractivity contribution in [3.05, 3.63) is 99.5 Å². The lowest BCUT2D eigenvalue weighted by Crippen LogP contribution is -2.48. The van der Waals surface area contributed by atoms with Crippen molar-refractivity contribution in [1.82, 2.24) is 19.4 Å². The number of benzene rings is 3. The molecule has 35 heavy (non-hydrogen) atoms. The fourth-order valence-corrected chi connectivity index (χ4v) is 6.76. The predicted molar refractivity (Wildman–Crippen MR) is 144 cm³/mol. The highest BCUT2D eigenvalue weighted by Gasteiger charge is 2.31. The van der Waals surface area contributed by atoms with Gasteiger partial charge in [0.15, 0.2) is 0 Å². The number of hydrogen-bond donors (Lipinski definition) is 1. The highest BCUT2D eigenvalue weighted by Crippen LogP contribution is 2.42. The molecule has 1 N–H and O–H groups in total. The van der Waals surface area contributed by atoms with E-state index in [4.69, 9.17) is 0 Å². The fraction of sp³-hybridized carbons (Fsp3) is 0.345. The number of rotatable bonds is 5. The van der Waals surface area contributed by atoms with Crippen LogP contribution in [-0.4, -0.2) is 52.1 Å². The highest BCUT2D eigenvalue weighted by atomic mass is 32.2. The molecule has 0 amide bonds. The number of aromatic amines is 1. The Morgan fingerprint density at radius 3 is 2.60 bits per heavy atom. The number of para-hydroxylation sites is 2. The van der Waals surface area contributed by atoms with Gasteiger partial charge in [0.2, 0.25) is 0 Å². The summed E-state index contributed by atoms with van der Waals surface area (Å²) in [6, 6.07) is 24.2. The zero-order chi connectivity index (χ0) is 23.8. The number of aromatic nitrogens is 2. The Kier molecular flexibility index (Phi) is 6.27. The van der Waals surface area contributed by atoms with Gasteiger partial charge in [0.1, 0.15) is 0 Å². The average Bonchev–Trinajstić information content (AvgIpc) is 3.10. The van der Waals surface area contributed by atoms with Gasteiger partial charge in [0.05, 0.1) is 17.1 Å². The first-order chi connectivity index (χ1) is 17.2. The van der Waals surface area contributed by atoms with E-state index < -0.39 is 0 Å². The van der Waals surface area contributed by atoms with E-state index in [9.17, 15) is 4.79 Å². The molecule has 180 valence electrons. The van der Waals surface area contributed by atoms with Crippen molar-refractivity contribution in [2.45, 2.75) is 36.6 Å². The summed E-state index contributed by atoms with van der Waals surface area (Å²) in [5.41, 5.74) is 7.64. The molecule has 1 saturated heterocycles. The van der Waals surface area contributed by atoms with Crippen molar-refractivity contribution >= 4 is 22.8 Å². The van der Waals surface area contributed by atoms with Crippen molar-refractivity contribution in [3.8, 4) is 0 Å². The van der Waals surface area contributed by atoms with Gasteiger partial charge in [0, 0.05) is 43.4 Å². The second-order valence-corrected chi connectivity index (χ2v) is 10.8. The lowest BCUT2D eigenvalue weighted by atomic mass is 9.92. The summed E-state index contributed by atoms with van der Waals surface area (Å²) in [6.45, 7) is 8.23. The van der Waals surface area contributed by atoms with Crippen molar-refractivity contribution in [1.29, 1.82) is 0 Å². The van der Waals surface area contributed by atoms with Crippen LogP contribution in [0.1, 0.15) is 34.7 Å². The summed E-state index contributed by atoms with van der Waals surface area (Å²) in [6.07, 6.45) is 0.979. The molecule has 3 heterocycles. The summed E-state index contributed by atoms with van der Waals surface area (Å²) in [7, 11) is 0. The molecule has 0 radical (unpaired) electrons. The van der Waals surface area contributed by atoms with Crippen LogP contribution >= 0.6 is 11.8 Å². The first kappa shape index (κ1) is 22.7. The maximum atomic E-state index is 12.4. The van der Waals surface area contributed by atoms with Gasteiger partial charge in [0.25, 0.3) is 0 Å². The van der Waals surface area contributed by atoms with Crippen LogP contribution in [0, 0.1) is 6.92 Å². The van der Waals surface area contributed by atoms with Crippen LogP contribution in [0.3, 0.4) is 0 Å². The monoisotopic (exact) mass is 484 g/mol. The number of aryl methyl sites for hydroxylation is 2. The first-order valence-corrected chi connectivity index (χ1v) is 13.6. The molecule has 1 aromatic heterocycles. The average molecular weight is 485 g/mol. The van der Waals surface area contributed by atoms with Gasteiger partial charge >= 0.3 is 5.69 Å². The minimum Gasteiger partial charge on any atom is -0.306 e. The van der Waals surface area contributed by atoms with Crippen LogP contribution in [0.15, 0.2) is 76.4 Å². The summed E-state index contributed by atoms with van der Waals surface area (Å²) in [5, 5.41) is 0. The number of hydrogen-bond acceptors (Lipinski definition) is 4. The third kappa shape index (κ3) is 4.46. The lowest BCUT2D eigenvalue weighted by molar-refractivity contribution is 0.107. The summed E-state index contributed by atoms with van der Waals surface area (Å²) >= 11 is 1.97. The van der Waals surface area contributed by atoms with E-state index in [2.05, 4.69) is 64.2 Å². The molecule has 5 nitrogen and oxygen atoms in total. The van der Waals surface area contributed by atoms with Gasteiger partial charge < -0.3 is 9.88 Å². The Labute approximate surface area is 210 Å². The maximum absolute atomic E-state index is 12.4. The standard InChI is InChI=1S/C29H32N4OS/c1-21-11-12-27-24(19-21)28(23-8-3-2-7-22(23)20-35-27)32-17-15-31(16-18-32)13-6-14-33-26-10-5-4-9-25(26)30-29(33)34/h2-5,7-12,19,28H,6,13-18,20H2,1H3,(H,30,34). The SMILES string of the molecule is Cc1ccc2c(c1)C(N1CCN(CCCn3c(=O)[nH]c4ccccc43)CC1)c1ccccc1CS2. The van der Waals surface area contributed by atoms with Crippen molar-refractivity contribution in [3.63, 3.8) is 0 Å². The molecule has 1 unspecified atom stereocenters. The minimum absolute atomic E-state index is 0.00474. The molecule has 6 heteroatoms. The molecule has 1 fully saturated rings. The van der Waals surface area contributed by atoms with E-state index in [0.29, 0.717) is 6.04 Å². The Balaban J connectivity index is 1.14. The van der Waals surface area contributed by atoms with E-state index in [1.54, 1.807) is 0 Å². The molecule has 0 saturated carbocycles. The van der Waals surface area contributed by atoms with Gasteiger partial charge in [-0.2, -0.15) is 0 Å². The Morgan fingerprint density at radius 2 is 1.71 bits per heavy atom. The molecule has 0 aliphatic carbocycles. The highest BCUT2D eigenvalue weighted by molar-refractivity contribution is 7.98. The van der Waals surface area contributed by atoms with E-state index in [0.717, 1.165) is 62.5 Å². The van der Waals surface area contributed by atoms with Gasteiger partial charge in [-0.15, -0.1) is 11.8 Å². The second-order valence-electron chi connectivity index (χ2n) is 9.76. The van der Waals surface area contributed by atoms with Crippen LogP contribution in [0.5, 0.6) is 0 Å². The Hall–Kier alpha value is -2.80. The van der Waals surface area contributed by atoms with E-state index >= 15 is 0 Å². The Bertz CT molecular complexity index is 1400. The fourth-order valence-electron chi connectivity index (χ4n) is 5.69. The molecular weight excluding hydrogens is 452 g/mol. The molecule has 2 aliphatic rings. The molecule has 4 aromatic rings. The van der Waals surface area contributed by atoms with Crippen molar-refractivity contribution < 1.29 is 0 Å². The third-order valence-corrected chi connectivity index (χ3v) is 8.64. The normalized spacial score (nSPS) is 18.8. The first-order valence-electron chi connectivity index (χ1n) is 12.6. The second kappa shape index (κ2) is 9.69. The quantitative estimate of drug-likeness (QED) is 0.431. The largest absolute Gasteiger partial charge is 0.326 e. The van der Waals surface area contributed by atoms with Crippen LogP contribution in [0.2, 0.25) is 0 Å². The third-order valence-electron chi connectivity index (χ3n) is 7.50. The van der Waals surface area contributed by atoms with E-state index in [-0.39, 0.29) is 5.69 Å². The maximum Gasteiger partial charge on any atom is 0.326 e. The van der Waals surface area contributed by atoms with E-state index in [1.165, 1.54) is 27.1 Å². The smallest absolute Gasteiger partial charge is 0.306 e. The zero-order valence-corrected chi connectivity index (χ0v) is 21.1. The minimum atomic E-state index is -0.00474. The lowest BCUT2D eigenvalue weighted by Gasteiger charge is -2.40. The number of imidazole rings is 1. The number of nitrogens with zero attached hydrogens (tertiary/aromatic N) is 3. The van der Waals surface area contributed by atoms with Gasteiger partial charge in [-0.3, -0.25) is 9.47 Å². The zero-order valence-electron chi connectivity index (χ0n) is 20.2. The number of piperazine rings is 1. The van der Waals surface area contributed by atoms with Gasteiger partial charge in [-0.1, -0.05) is 54.1 Å². The molecule has 0 spiro atoms. The molecular formula is C29H32N4OS. The number of nitrogens with one attached hydrogen (secondary N) is 1. The predicted octanol–water partition coefficient (Wildman–Crippen LogP) is 5.04. The van der Waals surface area contributed by atoms with Crippen LogP contribution in [0.25, 0.3) is 11.0 Å². The summed E-state index contributed by atoms with van der Waals surface area (Å²) < 4.78 is 1.88. The van der Waals surface area contributed by atoms with Crippen LogP contribution < -0.4 is 5.69 Å². The number of H-pyrrole nitrogens is 1. The topological polar surface area (TPSA) is 44.3 Å². The summed E-state index contributed by atoms with van der Waals surface area (Å²) in [4.78, 5) is 22.0. The van der Waals surface area contributed by atoms with Crippen molar-refractivity contribution in [2.24, 2.45) is 0 Å². The van der Waals surface area contributed by atoms with Gasteiger partial charge in [-0.25, -0.2) is 4.79 Å². The molecule has 1 atom stereocenters. The molecule has 2 aliphatic heterocycles. The van der Waals surface area contributed by atoms with Crippen LogP contribution in [0.4, 0.5) is 0 Å². The molecule has 3 aromatic carbocycles. The summed E-state index contributed by atoms with van der Waals surface area (Å²) in [5.74, 6) is 1.04. The number of fused-ring (bicyclic) bond motifs is 3. The van der Waals surface area contributed by atoms with Gasteiger partial charge in [-0.05, 0) is 54.8 Å². The van der Waals surface area contributed by atoms with Crippen molar-refractivity contribution in [2.75, 3.05) is 32.7 Å². The number of thioether (sulfide) groups is 1. The molecule has 0 bridgehead atoms. The Morgan fingerprint density at radius 1 is 0.914 bits per heavy atom.